The molecule has 1 heterocycles. The van der Waals surface area contributed by atoms with Gasteiger partial charge >= 0.3 is 5.97 Å². The summed E-state index contributed by atoms with van der Waals surface area (Å²) in [6, 6.07) is 0. The average Bonchev–Trinajstić information content (AvgIpc) is 2.13. The lowest BCUT2D eigenvalue weighted by Gasteiger charge is -1.81. The van der Waals surface area contributed by atoms with Crippen molar-refractivity contribution in [3.05, 3.63) is 16.8 Å². The van der Waals surface area contributed by atoms with Gasteiger partial charge in [0.2, 0.25) is 10.4 Å². The van der Waals surface area contributed by atoms with Gasteiger partial charge in [-0.05, 0) is 15.9 Å². The second kappa shape index (κ2) is 2.18. The van der Waals surface area contributed by atoms with E-state index in [-0.39, 0.29) is 10.4 Å². The first-order valence-electron chi connectivity index (χ1n) is 2.04. The summed E-state index contributed by atoms with van der Waals surface area (Å²) in [5.74, 6) is -1.10. The molecule has 0 aliphatic heterocycles. The molecule has 0 spiro atoms. The molecule has 0 fully saturated rings. The predicted octanol–water partition coefficient (Wildman–Crippen LogP) is 1.14. The van der Waals surface area contributed by atoms with Crippen molar-refractivity contribution in [2.24, 2.45) is 0 Å². The number of nitrogens with zero attached hydrogens (tertiary/aromatic N) is 1. The number of aromatic nitrogens is 1. The summed E-state index contributed by atoms with van der Waals surface area (Å²) in [5, 5.41) is 8.30. The van der Waals surface area contributed by atoms with E-state index in [2.05, 4.69) is 25.3 Å². The molecule has 48 valence electrons. The van der Waals surface area contributed by atoms with E-state index < -0.39 is 5.97 Å². The van der Waals surface area contributed by atoms with Gasteiger partial charge in [-0.15, -0.1) is 0 Å². The minimum Gasteiger partial charge on any atom is -0.476 e. The van der Waals surface area contributed by atoms with Gasteiger partial charge in [-0.25, -0.2) is 9.78 Å². The van der Waals surface area contributed by atoms with Crippen molar-refractivity contribution in [3.8, 4) is 0 Å². The van der Waals surface area contributed by atoms with Gasteiger partial charge < -0.3 is 9.52 Å². The first-order chi connectivity index (χ1) is 4.22. The number of carbonyl (C=O) groups is 1. The van der Waals surface area contributed by atoms with E-state index in [4.69, 9.17) is 5.11 Å². The van der Waals surface area contributed by atoms with Crippen molar-refractivity contribution in [1.82, 2.24) is 4.98 Å². The average molecular weight is 192 g/mol. The van der Waals surface area contributed by atoms with Gasteiger partial charge in [-0.2, -0.15) is 0 Å². The van der Waals surface area contributed by atoms with Gasteiger partial charge in [0.05, 0.1) is 0 Å². The van der Waals surface area contributed by atoms with Crippen LogP contribution in [0.2, 0.25) is 0 Å². The molecule has 0 saturated heterocycles. The molecule has 0 amide bonds. The zero-order valence-electron chi connectivity index (χ0n) is 4.17. The number of carboxylic acids is 1. The lowest BCUT2D eigenvalue weighted by atomic mass is 10.5. The van der Waals surface area contributed by atoms with E-state index >= 15 is 0 Å². The Bertz CT molecular complexity index is 231. The maximum absolute atomic E-state index is 10.1. The molecule has 5 heteroatoms. The second-order valence-electron chi connectivity index (χ2n) is 1.28. The molecule has 1 rings (SSSR count). The SMILES string of the molecule is O=C(O)c1ncoc1Br. The number of oxazole rings is 1. The lowest BCUT2D eigenvalue weighted by molar-refractivity contribution is 0.0689. The van der Waals surface area contributed by atoms with Crippen LogP contribution in [-0.4, -0.2) is 16.1 Å². The van der Waals surface area contributed by atoms with E-state index in [0.717, 1.165) is 6.39 Å². The normalized spacial score (nSPS) is 9.44. The summed E-state index contributed by atoms with van der Waals surface area (Å²) < 4.78 is 4.70. The summed E-state index contributed by atoms with van der Waals surface area (Å²) in [5.41, 5.74) is -0.102. The number of halogens is 1. The monoisotopic (exact) mass is 191 g/mol. The van der Waals surface area contributed by atoms with Crippen LogP contribution in [0.25, 0.3) is 0 Å². The van der Waals surface area contributed by atoms with E-state index in [1.54, 1.807) is 0 Å². The van der Waals surface area contributed by atoms with Gasteiger partial charge in [-0.3, -0.25) is 0 Å². The Morgan fingerprint density at radius 1 is 1.89 bits per heavy atom. The number of aromatic carboxylic acids is 1. The van der Waals surface area contributed by atoms with Crippen molar-refractivity contribution >= 4 is 21.9 Å². The highest BCUT2D eigenvalue weighted by molar-refractivity contribution is 9.10. The molecule has 0 bridgehead atoms. The van der Waals surface area contributed by atoms with Crippen LogP contribution in [0.3, 0.4) is 0 Å². The summed E-state index contributed by atoms with van der Waals surface area (Å²) in [6.07, 6.45) is 1.06. The first-order valence-corrected chi connectivity index (χ1v) is 2.83. The molecule has 9 heavy (non-hydrogen) atoms. The zero-order chi connectivity index (χ0) is 6.85. The van der Waals surface area contributed by atoms with Gasteiger partial charge in [0, 0.05) is 0 Å². The van der Waals surface area contributed by atoms with Crippen LogP contribution in [0.15, 0.2) is 15.5 Å². The van der Waals surface area contributed by atoms with Gasteiger partial charge in [0.15, 0.2) is 6.39 Å². The Labute approximate surface area is 58.6 Å². The van der Waals surface area contributed by atoms with Crippen molar-refractivity contribution in [2.75, 3.05) is 0 Å². The maximum atomic E-state index is 10.1. The fourth-order valence-corrected chi connectivity index (χ4v) is 0.727. The second-order valence-corrected chi connectivity index (χ2v) is 2.00. The molecule has 0 radical (unpaired) electrons. The third-order valence-electron chi connectivity index (χ3n) is 0.727. The van der Waals surface area contributed by atoms with Crippen molar-refractivity contribution in [2.45, 2.75) is 0 Å². The van der Waals surface area contributed by atoms with Crippen LogP contribution in [0.1, 0.15) is 10.5 Å². The van der Waals surface area contributed by atoms with E-state index in [9.17, 15) is 4.79 Å². The van der Waals surface area contributed by atoms with Crippen molar-refractivity contribution < 1.29 is 14.3 Å². The van der Waals surface area contributed by atoms with Crippen LogP contribution in [0, 0.1) is 0 Å². The molecule has 4 nitrogen and oxygen atoms in total. The highest BCUT2D eigenvalue weighted by Gasteiger charge is 2.11. The lowest BCUT2D eigenvalue weighted by Crippen LogP contribution is -1.96. The zero-order valence-corrected chi connectivity index (χ0v) is 5.75. The maximum Gasteiger partial charge on any atom is 0.359 e. The minimum absolute atomic E-state index is 0.102. The third-order valence-corrected chi connectivity index (χ3v) is 1.29. The van der Waals surface area contributed by atoms with Crippen LogP contribution in [0.5, 0.6) is 0 Å². The summed E-state index contributed by atoms with van der Waals surface area (Å²) in [7, 11) is 0. The highest BCUT2D eigenvalue weighted by atomic mass is 79.9. The number of carboxylic acid groups (broad SMARTS) is 1. The molecular weight excluding hydrogens is 190 g/mol. The fourth-order valence-electron chi connectivity index (χ4n) is 0.371. The van der Waals surface area contributed by atoms with Gasteiger partial charge in [0.25, 0.3) is 0 Å². The van der Waals surface area contributed by atoms with Gasteiger partial charge in [0.1, 0.15) is 0 Å². The van der Waals surface area contributed by atoms with E-state index in [1.807, 2.05) is 0 Å². The Morgan fingerprint density at radius 3 is 2.78 bits per heavy atom. The van der Waals surface area contributed by atoms with E-state index in [0.29, 0.717) is 0 Å². The Balaban J connectivity index is 3.08. The highest BCUT2D eigenvalue weighted by Crippen LogP contribution is 2.13. The molecule has 1 N–H and O–H groups in total. The summed E-state index contributed by atoms with van der Waals surface area (Å²) in [4.78, 5) is 13.5. The van der Waals surface area contributed by atoms with E-state index in [1.165, 1.54) is 0 Å². The Hall–Kier alpha value is -0.840. The fraction of sp³-hybridized carbons (Fsp3) is 0. The molecule has 0 unspecified atom stereocenters. The Kier molecular flexibility index (Phi) is 1.52. The largest absolute Gasteiger partial charge is 0.476 e. The topological polar surface area (TPSA) is 63.3 Å². The number of hydrogen-bond donors (Lipinski definition) is 1. The van der Waals surface area contributed by atoms with Crippen molar-refractivity contribution in [3.63, 3.8) is 0 Å². The molecule has 1 aromatic rings. The minimum atomic E-state index is -1.10. The molecule has 0 atom stereocenters. The van der Waals surface area contributed by atoms with Crippen LogP contribution in [-0.2, 0) is 0 Å². The third kappa shape index (κ3) is 1.10. The van der Waals surface area contributed by atoms with Crippen LogP contribution >= 0.6 is 15.9 Å². The molecule has 0 saturated carbocycles. The van der Waals surface area contributed by atoms with Crippen molar-refractivity contribution in [1.29, 1.82) is 0 Å². The summed E-state index contributed by atoms with van der Waals surface area (Å²) in [6.45, 7) is 0. The molecule has 0 aromatic carbocycles. The smallest absolute Gasteiger partial charge is 0.359 e. The Morgan fingerprint density at radius 2 is 2.56 bits per heavy atom. The first kappa shape index (κ1) is 6.28. The van der Waals surface area contributed by atoms with Crippen LogP contribution < -0.4 is 0 Å². The molecule has 0 aliphatic carbocycles. The van der Waals surface area contributed by atoms with Gasteiger partial charge in [-0.1, -0.05) is 0 Å². The summed E-state index contributed by atoms with van der Waals surface area (Å²) >= 11 is 2.86. The molecular formula is C4H2BrNO3. The number of hydrogen-bond acceptors (Lipinski definition) is 3. The molecule has 1 aromatic heterocycles. The number of rotatable bonds is 1. The quantitative estimate of drug-likeness (QED) is 0.724. The standard InChI is InChI=1S/C4H2BrNO3/c5-3-2(4(7)8)6-1-9-3/h1H,(H,7,8). The molecule has 0 aliphatic rings. The van der Waals surface area contributed by atoms with Crippen LogP contribution in [0.4, 0.5) is 0 Å². The predicted molar refractivity (Wildman–Crippen MR) is 31.2 cm³/mol.